The number of hydrogen-bond donors (Lipinski definition) is 1. The van der Waals surface area contributed by atoms with Crippen molar-refractivity contribution in [2.24, 2.45) is 0 Å². The highest BCUT2D eigenvalue weighted by atomic mass is 16.7. The predicted molar refractivity (Wildman–Crippen MR) is 71.1 cm³/mol. The average molecular weight is 259 g/mol. The van der Waals surface area contributed by atoms with Gasteiger partial charge in [-0.1, -0.05) is 12.1 Å². The summed E-state index contributed by atoms with van der Waals surface area (Å²) < 4.78 is 12.9. The van der Waals surface area contributed by atoms with E-state index >= 15 is 0 Å². The molecular formula is C14H17N3O2. The molecule has 0 bridgehead atoms. The van der Waals surface area contributed by atoms with Gasteiger partial charge in [0.25, 0.3) is 0 Å². The van der Waals surface area contributed by atoms with Crippen LogP contribution in [0.25, 0.3) is 0 Å². The Morgan fingerprint density at radius 2 is 2.32 bits per heavy atom. The number of rotatable bonds is 6. The number of para-hydroxylation sites is 1. The number of ether oxygens (including phenoxy) is 2. The van der Waals surface area contributed by atoms with E-state index in [0.29, 0.717) is 6.79 Å². The van der Waals surface area contributed by atoms with Crippen molar-refractivity contribution in [2.45, 2.75) is 19.5 Å². The molecule has 0 saturated carbocycles. The lowest BCUT2D eigenvalue weighted by Gasteiger charge is -2.08. The van der Waals surface area contributed by atoms with Crippen LogP contribution in [0.4, 0.5) is 0 Å². The number of nitrogens with zero attached hydrogens (tertiary/aromatic N) is 2. The topological polar surface area (TPSA) is 48.3 Å². The zero-order chi connectivity index (χ0) is 12.9. The third-order valence-corrected chi connectivity index (χ3v) is 3.12. The number of aromatic nitrogens is 2. The Balaban J connectivity index is 1.44. The number of benzene rings is 1. The van der Waals surface area contributed by atoms with Crippen molar-refractivity contribution in [1.82, 2.24) is 14.9 Å². The maximum atomic E-state index is 5.47. The van der Waals surface area contributed by atoms with Gasteiger partial charge in [-0.3, -0.25) is 0 Å². The van der Waals surface area contributed by atoms with Crippen LogP contribution in [0, 0.1) is 0 Å². The molecule has 3 rings (SSSR count). The highest BCUT2D eigenvalue weighted by Crippen LogP contribution is 2.35. The molecule has 0 aliphatic carbocycles. The van der Waals surface area contributed by atoms with Crippen molar-refractivity contribution in [3.63, 3.8) is 0 Å². The molecule has 0 fully saturated rings. The Labute approximate surface area is 112 Å². The summed E-state index contributed by atoms with van der Waals surface area (Å²) in [6, 6.07) is 6.00. The van der Waals surface area contributed by atoms with E-state index in [1.807, 2.05) is 24.7 Å². The Hall–Kier alpha value is -2.01. The fourth-order valence-corrected chi connectivity index (χ4v) is 2.16. The molecule has 2 heterocycles. The van der Waals surface area contributed by atoms with Gasteiger partial charge in [-0.05, 0) is 19.0 Å². The van der Waals surface area contributed by atoms with E-state index in [1.165, 1.54) is 0 Å². The molecule has 0 unspecified atom stereocenters. The molecule has 0 radical (unpaired) electrons. The summed E-state index contributed by atoms with van der Waals surface area (Å²) in [7, 11) is 0. The Morgan fingerprint density at radius 3 is 3.21 bits per heavy atom. The SMILES string of the molecule is c1cc(CNCCCn2ccnc2)c2c(c1)OCO2. The van der Waals surface area contributed by atoms with Crippen molar-refractivity contribution in [1.29, 1.82) is 0 Å². The third-order valence-electron chi connectivity index (χ3n) is 3.12. The van der Waals surface area contributed by atoms with Crippen LogP contribution in [0.2, 0.25) is 0 Å². The summed E-state index contributed by atoms with van der Waals surface area (Å²) in [6.07, 6.45) is 6.70. The molecule has 1 aliphatic heterocycles. The normalized spacial score (nSPS) is 12.8. The second-order valence-electron chi connectivity index (χ2n) is 4.48. The first-order valence-corrected chi connectivity index (χ1v) is 6.47. The summed E-state index contributed by atoms with van der Waals surface area (Å²) in [5, 5.41) is 3.42. The number of hydrogen-bond acceptors (Lipinski definition) is 4. The van der Waals surface area contributed by atoms with Crippen molar-refractivity contribution >= 4 is 0 Å². The van der Waals surface area contributed by atoms with Gasteiger partial charge in [0, 0.05) is 31.0 Å². The predicted octanol–water partition coefficient (Wildman–Crippen LogP) is 1.79. The van der Waals surface area contributed by atoms with Crippen molar-refractivity contribution in [3.05, 3.63) is 42.5 Å². The smallest absolute Gasteiger partial charge is 0.231 e. The Morgan fingerprint density at radius 1 is 1.32 bits per heavy atom. The lowest BCUT2D eigenvalue weighted by Crippen LogP contribution is -2.16. The molecule has 0 saturated heterocycles. The van der Waals surface area contributed by atoms with Crippen LogP contribution in [0.1, 0.15) is 12.0 Å². The van der Waals surface area contributed by atoms with Gasteiger partial charge in [-0.25, -0.2) is 4.98 Å². The number of aryl methyl sites for hydroxylation is 1. The summed E-state index contributed by atoms with van der Waals surface area (Å²) in [4.78, 5) is 4.02. The zero-order valence-electron chi connectivity index (χ0n) is 10.7. The Bertz CT molecular complexity index is 525. The molecule has 5 nitrogen and oxygen atoms in total. The highest BCUT2D eigenvalue weighted by molar-refractivity contribution is 5.48. The summed E-state index contributed by atoms with van der Waals surface area (Å²) in [5.41, 5.74) is 1.15. The van der Waals surface area contributed by atoms with Crippen molar-refractivity contribution < 1.29 is 9.47 Å². The summed E-state index contributed by atoms with van der Waals surface area (Å²) in [5.74, 6) is 1.72. The third kappa shape index (κ3) is 2.88. The van der Waals surface area contributed by atoms with Gasteiger partial charge < -0.3 is 19.4 Å². The molecule has 0 spiro atoms. The quantitative estimate of drug-likeness (QED) is 0.804. The van der Waals surface area contributed by atoms with Crippen LogP contribution in [-0.4, -0.2) is 22.9 Å². The molecule has 0 atom stereocenters. The molecule has 2 aromatic rings. The zero-order valence-corrected chi connectivity index (χ0v) is 10.7. The largest absolute Gasteiger partial charge is 0.454 e. The van der Waals surface area contributed by atoms with Gasteiger partial charge in [0.05, 0.1) is 6.33 Å². The van der Waals surface area contributed by atoms with E-state index in [-0.39, 0.29) is 0 Å². The maximum Gasteiger partial charge on any atom is 0.231 e. The summed E-state index contributed by atoms with van der Waals surface area (Å²) >= 11 is 0. The van der Waals surface area contributed by atoms with E-state index in [0.717, 1.165) is 43.1 Å². The van der Waals surface area contributed by atoms with Gasteiger partial charge in [0.1, 0.15) is 0 Å². The number of imidazole rings is 1. The lowest BCUT2D eigenvalue weighted by molar-refractivity contribution is 0.173. The van der Waals surface area contributed by atoms with Crippen LogP contribution < -0.4 is 14.8 Å². The highest BCUT2D eigenvalue weighted by Gasteiger charge is 2.16. The molecule has 1 aliphatic rings. The fraction of sp³-hybridized carbons (Fsp3) is 0.357. The van der Waals surface area contributed by atoms with Crippen LogP contribution >= 0.6 is 0 Å². The molecule has 5 heteroatoms. The minimum Gasteiger partial charge on any atom is -0.454 e. The van der Waals surface area contributed by atoms with Crippen LogP contribution in [0.5, 0.6) is 11.5 Å². The van der Waals surface area contributed by atoms with Gasteiger partial charge in [0.15, 0.2) is 11.5 Å². The minimum atomic E-state index is 0.326. The van der Waals surface area contributed by atoms with Crippen molar-refractivity contribution in [2.75, 3.05) is 13.3 Å². The molecule has 1 aromatic carbocycles. The average Bonchev–Trinajstić information content (AvgIpc) is 3.09. The second kappa shape index (κ2) is 5.75. The van der Waals surface area contributed by atoms with E-state index in [9.17, 15) is 0 Å². The molecule has 19 heavy (non-hydrogen) atoms. The lowest BCUT2D eigenvalue weighted by atomic mass is 10.2. The van der Waals surface area contributed by atoms with E-state index in [4.69, 9.17) is 9.47 Å². The first-order valence-electron chi connectivity index (χ1n) is 6.47. The van der Waals surface area contributed by atoms with E-state index in [2.05, 4.69) is 20.9 Å². The maximum absolute atomic E-state index is 5.47. The molecule has 100 valence electrons. The van der Waals surface area contributed by atoms with Gasteiger partial charge in [0.2, 0.25) is 6.79 Å². The first-order chi connectivity index (χ1) is 9.43. The second-order valence-corrected chi connectivity index (χ2v) is 4.48. The van der Waals surface area contributed by atoms with Gasteiger partial charge in [-0.2, -0.15) is 0 Å². The van der Waals surface area contributed by atoms with Gasteiger partial charge in [-0.15, -0.1) is 0 Å². The fourth-order valence-electron chi connectivity index (χ4n) is 2.16. The Kier molecular flexibility index (Phi) is 3.65. The van der Waals surface area contributed by atoms with E-state index < -0.39 is 0 Å². The number of nitrogens with one attached hydrogen (secondary N) is 1. The molecule has 1 aromatic heterocycles. The van der Waals surface area contributed by atoms with Crippen LogP contribution in [-0.2, 0) is 13.1 Å². The molecular weight excluding hydrogens is 242 g/mol. The molecule has 1 N–H and O–H groups in total. The summed E-state index contributed by atoms with van der Waals surface area (Å²) in [6.45, 7) is 3.08. The first kappa shape index (κ1) is 12.0. The van der Waals surface area contributed by atoms with Crippen molar-refractivity contribution in [3.8, 4) is 11.5 Å². The standard InChI is InChI=1S/C14H17N3O2/c1-3-12(14-13(4-1)18-11-19-14)9-15-5-2-7-17-8-6-16-10-17/h1,3-4,6,8,10,15H,2,5,7,9,11H2. The van der Waals surface area contributed by atoms with Crippen LogP contribution in [0.15, 0.2) is 36.9 Å². The number of fused-ring (bicyclic) bond motifs is 1. The minimum absolute atomic E-state index is 0.326. The monoisotopic (exact) mass is 259 g/mol. The van der Waals surface area contributed by atoms with Crippen LogP contribution in [0.3, 0.4) is 0 Å². The molecule has 0 amide bonds. The van der Waals surface area contributed by atoms with Gasteiger partial charge >= 0.3 is 0 Å². The van der Waals surface area contributed by atoms with E-state index in [1.54, 1.807) is 6.20 Å².